The number of nitrogens with zero attached hydrogens (tertiary/aromatic N) is 2. The van der Waals surface area contributed by atoms with Gasteiger partial charge in [-0.05, 0) is 115 Å². The Kier molecular flexibility index (Phi) is 6.97. The highest BCUT2D eigenvalue weighted by Crippen LogP contribution is 2.50. The van der Waals surface area contributed by atoms with Crippen molar-refractivity contribution in [1.82, 2.24) is 4.98 Å². The Labute approximate surface area is 279 Å². The molecule has 8 rings (SSSR count). The van der Waals surface area contributed by atoms with Gasteiger partial charge in [0.2, 0.25) is 0 Å². The lowest BCUT2D eigenvalue weighted by Gasteiger charge is -2.22. The first-order valence-electron chi connectivity index (χ1n) is 16.1. The third-order valence-corrected chi connectivity index (χ3v) is 9.58. The maximum atomic E-state index is 9.49. The van der Waals surface area contributed by atoms with E-state index in [0.717, 1.165) is 38.8 Å². The second kappa shape index (κ2) is 11.5. The topological polar surface area (TPSA) is 75.8 Å². The number of hydrogen-bond donors (Lipinski definition) is 2. The zero-order valence-electron chi connectivity index (χ0n) is 26.8. The third-order valence-electron chi connectivity index (χ3n) is 9.58. The number of hydrogen-bond acceptors (Lipinski definition) is 2. The van der Waals surface area contributed by atoms with Crippen molar-refractivity contribution in [3.63, 3.8) is 0 Å². The van der Waals surface area contributed by atoms with Crippen molar-refractivity contribution in [2.24, 2.45) is 4.99 Å². The van der Waals surface area contributed by atoms with E-state index in [1.165, 1.54) is 33.2 Å². The summed E-state index contributed by atoms with van der Waals surface area (Å²) in [5.41, 5.74) is 13.5. The predicted octanol–water partition coefficient (Wildman–Crippen LogP) is 10.3. The van der Waals surface area contributed by atoms with E-state index in [0.29, 0.717) is 11.1 Å². The fraction of sp³-hybridized carbons (Fsp3) is 0.0682. The lowest BCUT2D eigenvalue weighted by atomic mass is 9.81. The molecule has 0 aliphatic heterocycles. The molecule has 1 aliphatic carbocycles. The number of H-pyrrole nitrogens is 1. The summed E-state index contributed by atoms with van der Waals surface area (Å²) in [5.74, 6) is 0.203. The fourth-order valence-corrected chi connectivity index (χ4v) is 6.92. The van der Waals surface area contributed by atoms with Crippen LogP contribution in [0, 0.1) is 16.7 Å². The first-order valence-corrected chi connectivity index (χ1v) is 16.1. The average molecular weight is 617 g/mol. The van der Waals surface area contributed by atoms with Gasteiger partial charge >= 0.3 is 0 Å². The molecule has 0 atom stereocenters. The van der Waals surface area contributed by atoms with Crippen LogP contribution in [0.2, 0.25) is 0 Å². The standard InChI is InChI=1S/C44H32N4/c1-44(2)40-21-28(26-45)11-18-38(40)39-19-16-34(25-41(39)44)33-15-13-30-12-14-32(23-37(30)24-33)31-9-6-10-35(22-31)43(46)48-42-20-17-36(27-47-42)29-7-4-3-5-8-29/h3-25,27H,1-2H3,(H2,46,47,48). The molecule has 1 heterocycles. The smallest absolute Gasteiger partial charge is 0.154 e. The van der Waals surface area contributed by atoms with Gasteiger partial charge < -0.3 is 4.98 Å². The Morgan fingerprint density at radius 2 is 1.23 bits per heavy atom. The second-order valence-electron chi connectivity index (χ2n) is 12.9. The van der Waals surface area contributed by atoms with Crippen LogP contribution in [0.25, 0.3) is 55.3 Å². The lowest BCUT2D eigenvalue weighted by molar-refractivity contribution is 0.660. The molecule has 6 aromatic carbocycles. The molecule has 4 nitrogen and oxygen atoms in total. The molecule has 0 amide bonds. The number of aromatic amines is 1. The van der Waals surface area contributed by atoms with Crippen molar-refractivity contribution in [1.29, 1.82) is 10.7 Å². The molecule has 1 aromatic heterocycles. The third kappa shape index (κ3) is 5.12. The van der Waals surface area contributed by atoms with Crippen LogP contribution in [0.1, 0.15) is 36.1 Å². The van der Waals surface area contributed by atoms with Gasteiger partial charge in [0, 0.05) is 17.2 Å². The quantitative estimate of drug-likeness (QED) is 0.150. The molecular weight excluding hydrogens is 585 g/mol. The largest absolute Gasteiger partial charge is 0.346 e. The fourth-order valence-electron chi connectivity index (χ4n) is 6.92. The number of pyridine rings is 1. The normalized spacial score (nSPS) is 13.1. The molecule has 2 N–H and O–H groups in total. The van der Waals surface area contributed by atoms with Crippen LogP contribution in [-0.4, -0.2) is 10.8 Å². The Bertz CT molecular complexity index is 2490. The number of fused-ring (bicyclic) bond motifs is 4. The molecule has 1 aliphatic rings. The zero-order chi connectivity index (χ0) is 32.8. The summed E-state index contributed by atoms with van der Waals surface area (Å²) in [6.45, 7) is 4.49. The minimum Gasteiger partial charge on any atom is -0.346 e. The van der Waals surface area contributed by atoms with Gasteiger partial charge in [0.05, 0.1) is 11.6 Å². The molecule has 0 spiro atoms. The Balaban J connectivity index is 1.09. The molecule has 7 aromatic rings. The minimum absolute atomic E-state index is 0.188. The van der Waals surface area contributed by atoms with E-state index in [1.807, 2.05) is 66.9 Å². The van der Waals surface area contributed by atoms with E-state index >= 15 is 0 Å². The SMILES string of the molecule is CC1(C)c2cc(C#N)ccc2-c2ccc(-c3ccc4ccc(-c5cccc(C(=N)N=c6ccc(-c7ccccc7)c[nH]6)c5)cc4c3)cc21. The molecule has 0 radical (unpaired) electrons. The van der Waals surface area contributed by atoms with Crippen LogP contribution in [0.15, 0.2) is 151 Å². The monoisotopic (exact) mass is 616 g/mol. The molecule has 48 heavy (non-hydrogen) atoms. The Hall–Kier alpha value is -6.31. The van der Waals surface area contributed by atoms with Crippen molar-refractivity contribution in [3.8, 4) is 50.6 Å². The van der Waals surface area contributed by atoms with E-state index in [2.05, 4.69) is 109 Å². The van der Waals surface area contributed by atoms with E-state index in [4.69, 9.17) is 5.41 Å². The Morgan fingerprint density at radius 1 is 0.604 bits per heavy atom. The van der Waals surface area contributed by atoms with Crippen molar-refractivity contribution in [2.75, 3.05) is 0 Å². The van der Waals surface area contributed by atoms with Gasteiger partial charge in [-0.1, -0.05) is 105 Å². The number of rotatable bonds is 4. The molecule has 0 saturated carbocycles. The highest BCUT2D eigenvalue weighted by Gasteiger charge is 2.35. The first-order chi connectivity index (χ1) is 23.4. The summed E-state index contributed by atoms with van der Waals surface area (Å²) >= 11 is 0. The van der Waals surface area contributed by atoms with Crippen molar-refractivity contribution < 1.29 is 0 Å². The van der Waals surface area contributed by atoms with Crippen LogP contribution in [-0.2, 0) is 5.41 Å². The van der Waals surface area contributed by atoms with Crippen molar-refractivity contribution >= 4 is 16.6 Å². The zero-order valence-corrected chi connectivity index (χ0v) is 26.8. The van der Waals surface area contributed by atoms with Gasteiger partial charge in [0.25, 0.3) is 0 Å². The molecule has 0 unspecified atom stereocenters. The highest BCUT2D eigenvalue weighted by atomic mass is 14.9. The summed E-state index contributed by atoms with van der Waals surface area (Å²) < 4.78 is 0. The van der Waals surface area contributed by atoms with E-state index in [9.17, 15) is 5.26 Å². The van der Waals surface area contributed by atoms with Gasteiger partial charge in [-0.3, -0.25) is 5.41 Å². The van der Waals surface area contributed by atoms with Crippen LogP contribution in [0.4, 0.5) is 0 Å². The number of amidine groups is 1. The summed E-state index contributed by atoms with van der Waals surface area (Å²) in [5, 5.41) is 20.6. The molecule has 0 bridgehead atoms. The minimum atomic E-state index is -0.188. The van der Waals surface area contributed by atoms with E-state index in [1.54, 1.807) is 0 Å². The second-order valence-corrected chi connectivity index (χ2v) is 12.9. The number of benzene rings is 6. The van der Waals surface area contributed by atoms with Crippen LogP contribution >= 0.6 is 0 Å². The maximum absolute atomic E-state index is 9.49. The van der Waals surface area contributed by atoms with Crippen molar-refractivity contribution in [3.05, 3.63) is 173 Å². The number of nitrogens with one attached hydrogen (secondary N) is 2. The molecule has 0 fully saturated rings. The molecular formula is C44H32N4. The van der Waals surface area contributed by atoms with Gasteiger partial charge in [0.1, 0.15) is 5.49 Å². The Morgan fingerprint density at radius 3 is 1.94 bits per heavy atom. The van der Waals surface area contributed by atoms with Crippen molar-refractivity contribution in [2.45, 2.75) is 19.3 Å². The summed E-state index contributed by atoms with van der Waals surface area (Å²) in [6.07, 6.45) is 1.93. The van der Waals surface area contributed by atoms with E-state index in [-0.39, 0.29) is 11.3 Å². The number of nitriles is 1. The average Bonchev–Trinajstić information content (AvgIpc) is 3.36. The lowest BCUT2D eigenvalue weighted by Crippen LogP contribution is -2.15. The van der Waals surface area contributed by atoms with Crippen LogP contribution < -0.4 is 5.49 Å². The van der Waals surface area contributed by atoms with E-state index < -0.39 is 0 Å². The maximum Gasteiger partial charge on any atom is 0.154 e. The van der Waals surface area contributed by atoms with Gasteiger partial charge in [0.15, 0.2) is 5.84 Å². The first kappa shape index (κ1) is 29.1. The van der Waals surface area contributed by atoms with Gasteiger partial charge in [-0.2, -0.15) is 5.26 Å². The molecule has 228 valence electrons. The summed E-state index contributed by atoms with van der Waals surface area (Å²) in [4.78, 5) is 7.79. The summed E-state index contributed by atoms with van der Waals surface area (Å²) in [6, 6.07) is 50.4. The van der Waals surface area contributed by atoms with Crippen LogP contribution in [0.5, 0.6) is 0 Å². The molecule has 0 saturated heterocycles. The van der Waals surface area contributed by atoms with Gasteiger partial charge in [-0.25, -0.2) is 4.99 Å². The van der Waals surface area contributed by atoms with Crippen LogP contribution in [0.3, 0.4) is 0 Å². The highest BCUT2D eigenvalue weighted by molar-refractivity contribution is 5.99. The predicted molar refractivity (Wildman–Crippen MR) is 196 cm³/mol. The number of aromatic nitrogens is 1. The molecule has 4 heteroatoms. The summed E-state index contributed by atoms with van der Waals surface area (Å²) in [7, 11) is 0. The van der Waals surface area contributed by atoms with Gasteiger partial charge in [-0.15, -0.1) is 0 Å².